The van der Waals surface area contributed by atoms with Crippen LogP contribution in [0.15, 0.2) is 90.2 Å². The number of carbonyl (C=O) groups excluding carboxylic acids is 1. The van der Waals surface area contributed by atoms with Crippen LogP contribution in [0.1, 0.15) is 23.9 Å². The number of H-pyrrole nitrogens is 1. The minimum Gasteiger partial charge on any atom is -0.396 e. The van der Waals surface area contributed by atoms with Crippen LogP contribution < -0.4 is 21.5 Å². The van der Waals surface area contributed by atoms with Crippen molar-refractivity contribution in [2.75, 3.05) is 30.4 Å². The van der Waals surface area contributed by atoms with Crippen molar-refractivity contribution in [3.63, 3.8) is 0 Å². The zero-order valence-electron chi connectivity index (χ0n) is 24.5. The molecule has 0 radical (unpaired) electrons. The lowest BCUT2D eigenvalue weighted by molar-refractivity contribution is 0.110. The Kier molecular flexibility index (Phi) is 9.43. The number of ether oxygens (including phenoxy) is 1. The third-order valence-electron chi connectivity index (χ3n) is 7.10. The molecular weight excluding hydrogens is 610 g/mol. The number of urea groups is 1. The van der Waals surface area contributed by atoms with Crippen LogP contribution in [0.4, 0.5) is 16.3 Å². The third-order valence-corrected chi connectivity index (χ3v) is 7.41. The molecule has 1 unspecified atom stereocenters. The number of benzene rings is 3. The lowest BCUT2D eigenvalue weighted by Crippen LogP contribution is -2.31. The second-order valence-corrected chi connectivity index (χ2v) is 10.7. The molecule has 6 aromatic rings. The summed E-state index contributed by atoms with van der Waals surface area (Å²) in [7, 11) is 0. The van der Waals surface area contributed by atoms with Crippen LogP contribution in [0.2, 0.25) is 5.02 Å². The van der Waals surface area contributed by atoms with Crippen molar-refractivity contribution in [1.82, 2.24) is 34.8 Å². The maximum absolute atomic E-state index is 14.3. The lowest BCUT2D eigenvalue weighted by atomic mass is 10.1. The monoisotopic (exact) mass is 639 g/mol. The van der Waals surface area contributed by atoms with Crippen molar-refractivity contribution in [3.8, 4) is 5.69 Å². The molecule has 0 aliphatic heterocycles. The van der Waals surface area contributed by atoms with Gasteiger partial charge in [-0.15, -0.1) is 0 Å². The number of halogens is 1. The molecule has 0 spiro atoms. The summed E-state index contributed by atoms with van der Waals surface area (Å²) < 4.78 is 7.65. The summed E-state index contributed by atoms with van der Waals surface area (Å²) in [4.78, 5) is 47.7. The van der Waals surface area contributed by atoms with Crippen LogP contribution >= 0.6 is 11.6 Å². The molecule has 5 N–H and O–H groups in total. The number of aliphatic hydroxyl groups excluding tert-OH is 1. The molecule has 1 atom stereocenters. The molecule has 6 rings (SSSR count). The topological polar surface area (TPSA) is 172 Å². The van der Waals surface area contributed by atoms with Crippen LogP contribution in [0.3, 0.4) is 0 Å². The zero-order valence-corrected chi connectivity index (χ0v) is 25.2. The second kappa shape index (κ2) is 14.2. The Morgan fingerprint density at radius 3 is 2.74 bits per heavy atom. The summed E-state index contributed by atoms with van der Waals surface area (Å²) in [6.45, 7) is 0.681. The number of hydrogen-bond donors (Lipinski definition) is 5. The fourth-order valence-corrected chi connectivity index (χ4v) is 5.21. The number of rotatable bonds is 12. The van der Waals surface area contributed by atoms with E-state index in [9.17, 15) is 9.59 Å². The molecular formula is C32H30ClN9O4. The van der Waals surface area contributed by atoms with Crippen molar-refractivity contribution in [2.45, 2.75) is 19.1 Å². The molecule has 0 aliphatic rings. The Balaban J connectivity index is 1.45. The third kappa shape index (κ3) is 6.81. The maximum Gasteiger partial charge on any atom is 0.319 e. The van der Waals surface area contributed by atoms with Crippen molar-refractivity contribution < 1.29 is 14.6 Å². The normalized spacial score (nSPS) is 11.9. The van der Waals surface area contributed by atoms with Gasteiger partial charge in [0.1, 0.15) is 23.7 Å². The number of anilines is 2. The van der Waals surface area contributed by atoms with E-state index in [0.717, 1.165) is 5.56 Å². The lowest BCUT2D eigenvalue weighted by Gasteiger charge is -2.24. The Morgan fingerprint density at radius 2 is 1.89 bits per heavy atom. The number of fused-ring (bicyclic) bond motifs is 2. The van der Waals surface area contributed by atoms with Gasteiger partial charge in [0.05, 0.1) is 41.2 Å². The van der Waals surface area contributed by atoms with Crippen LogP contribution in [-0.4, -0.2) is 60.4 Å². The molecule has 3 aromatic carbocycles. The molecule has 0 saturated heterocycles. The summed E-state index contributed by atoms with van der Waals surface area (Å²) in [5.41, 5.74) is 2.90. The molecule has 3 heterocycles. The molecule has 3 aromatic heterocycles. The number of aromatic nitrogens is 6. The first-order chi connectivity index (χ1) is 22.5. The van der Waals surface area contributed by atoms with E-state index < -0.39 is 17.6 Å². The minimum absolute atomic E-state index is 0.0375. The number of imidazole rings is 1. The summed E-state index contributed by atoms with van der Waals surface area (Å²) in [5, 5.41) is 18.4. The van der Waals surface area contributed by atoms with Crippen LogP contribution in [0.25, 0.3) is 27.8 Å². The number of aromatic amines is 1. The summed E-state index contributed by atoms with van der Waals surface area (Å²) in [5.74, 6) is 0.765. The smallest absolute Gasteiger partial charge is 0.319 e. The van der Waals surface area contributed by atoms with E-state index in [-0.39, 0.29) is 23.6 Å². The SMILES string of the molecule is O=C(NCCCO)Nc1cccc(-n2c(C(COCc3ccccc3)Nc3ncnc4nc[nH]c34)nc3cccc(Cl)c3c2=O)c1. The molecule has 0 fully saturated rings. The van der Waals surface area contributed by atoms with E-state index in [4.69, 9.17) is 26.4 Å². The Labute approximate surface area is 267 Å². The van der Waals surface area contributed by atoms with Gasteiger partial charge in [0.25, 0.3) is 5.56 Å². The minimum atomic E-state index is -0.709. The predicted molar refractivity (Wildman–Crippen MR) is 175 cm³/mol. The van der Waals surface area contributed by atoms with Gasteiger partial charge in [-0.1, -0.05) is 54.1 Å². The van der Waals surface area contributed by atoms with Gasteiger partial charge in [0.2, 0.25) is 0 Å². The first kappa shape index (κ1) is 30.6. The maximum atomic E-state index is 14.3. The number of nitrogens with one attached hydrogen (secondary N) is 4. The predicted octanol–water partition coefficient (Wildman–Crippen LogP) is 4.58. The number of nitrogens with zero attached hydrogens (tertiary/aromatic N) is 5. The molecule has 13 nitrogen and oxygen atoms in total. The molecule has 0 bridgehead atoms. The Bertz CT molecular complexity index is 2030. The molecule has 2 amide bonds. The quantitative estimate of drug-likeness (QED) is 0.120. The van der Waals surface area contributed by atoms with E-state index in [2.05, 4.69) is 35.9 Å². The van der Waals surface area contributed by atoms with Gasteiger partial charge < -0.3 is 30.8 Å². The van der Waals surface area contributed by atoms with Crippen molar-refractivity contribution in [3.05, 3.63) is 112 Å². The van der Waals surface area contributed by atoms with Crippen molar-refractivity contribution in [2.24, 2.45) is 0 Å². The van der Waals surface area contributed by atoms with Crippen LogP contribution in [0.5, 0.6) is 0 Å². The summed E-state index contributed by atoms with van der Waals surface area (Å²) in [6, 6.07) is 20.5. The molecule has 0 saturated carbocycles. The highest BCUT2D eigenvalue weighted by atomic mass is 35.5. The highest BCUT2D eigenvalue weighted by molar-refractivity contribution is 6.35. The Morgan fingerprint density at radius 1 is 1.04 bits per heavy atom. The Hall–Kier alpha value is -5.37. The highest BCUT2D eigenvalue weighted by Crippen LogP contribution is 2.27. The van der Waals surface area contributed by atoms with Crippen LogP contribution in [0, 0.1) is 0 Å². The van der Waals surface area contributed by atoms with Crippen molar-refractivity contribution >= 4 is 51.2 Å². The van der Waals surface area contributed by atoms with Gasteiger partial charge in [0, 0.05) is 18.8 Å². The van der Waals surface area contributed by atoms with E-state index in [1.165, 1.54) is 17.2 Å². The largest absolute Gasteiger partial charge is 0.396 e. The van der Waals surface area contributed by atoms with Gasteiger partial charge in [-0.2, -0.15) is 0 Å². The fourth-order valence-electron chi connectivity index (χ4n) is 4.96. The van der Waals surface area contributed by atoms with Crippen LogP contribution in [-0.2, 0) is 11.3 Å². The van der Waals surface area contributed by atoms with Crippen molar-refractivity contribution in [1.29, 1.82) is 0 Å². The molecule has 14 heteroatoms. The summed E-state index contributed by atoms with van der Waals surface area (Å²) in [6.07, 6.45) is 3.35. The van der Waals surface area contributed by atoms with Gasteiger partial charge in [-0.3, -0.25) is 9.36 Å². The van der Waals surface area contributed by atoms with Gasteiger partial charge in [-0.25, -0.2) is 24.7 Å². The van der Waals surface area contributed by atoms with E-state index >= 15 is 0 Å². The average Bonchev–Trinajstić information content (AvgIpc) is 3.55. The average molecular weight is 640 g/mol. The van der Waals surface area contributed by atoms with Gasteiger partial charge in [-0.05, 0) is 42.3 Å². The van der Waals surface area contributed by atoms with Gasteiger partial charge in [0.15, 0.2) is 11.5 Å². The highest BCUT2D eigenvalue weighted by Gasteiger charge is 2.24. The molecule has 234 valence electrons. The first-order valence-corrected chi connectivity index (χ1v) is 14.9. The van der Waals surface area contributed by atoms with E-state index in [1.807, 2.05) is 30.3 Å². The summed E-state index contributed by atoms with van der Waals surface area (Å²) >= 11 is 6.54. The van der Waals surface area contributed by atoms with Gasteiger partial charge >= 0.3 is 6.03 Å². The number of amides is 2. The van der Waals surface area contributed by atoms with E-state index in [0.29, 0.717) is 59.3 Å². The standard InChI is InChI=1S/C32H30ClN9O4/c33-23-11-5-12-24-26(23)31(44)42(22-10-4-9-21(15-22)39-32(45)34-13-6-14-43)30(41-24)25(17-46-16-20-7-2-1-3-8-20)40-29-27-28(36-18-35-27)37-19-38-29/h1-5,7-12,15,18-19,25,43H,6,13-14,16-17H2,(H2,34,39,45)(H2,35,36,37,38,40). The second-order valence-electron chi connectivity index (χ2n) is 10.3. The van der Waals surface area contributed by atoms with E-state index in [1.54, 1.807) is 42.5 Å². The number of aliphatic hydroxyl groups is 1. The zero-order chi connectivity index (χ0) is 31.9. The number of carbonyl (C=O) groups is 1. The fraction of sp³-hybridized carbons (Fsp3) is 0.188. The molecule has 0 aliphatic carbocycles. The number of hydrogen-bond acceptors (Lipinski definition) is 9. The first-order valence-electron chi connectivity index (χ1n) is 14.5. The molecule has 46 heavy (non-hydrogen) atoms.